The van der Waals surface area contributed by atoms with E-state index in [-0.39, 0.29) is 12.0 Å². The van der Waals surface area contributed by atoms with E-state index in [0.29, 0.717) is 25.4 Å². The summed E-state index contributed by atoms with van der Waals surface area (Å²) >= 11 is 1.51. The van der Waals surface area contributed by atoms with Crippen molar-refractivity contribution < 1.29 is 9.53 Å². The molecule has 1 aliphatic heterocycles. The maximum atomic E-state index is 11.8. The number of thiazole rings is 1. The number of amides is 1. The summed E-state index contributed by atoms with van der Waals surface area (Å²) in [6, 6.07) is 1.78. The van der Waals surface area contributed by atoms with E-state index in [1.54, 1.807) is 18.5 Å². The lowest BCUT2D eigenvalue weighted by atomic mass is 10.2. The molecule has 21 heavy (non-hydrogen) atoms. The third-order valence-electron chi connectivity index (χ3n) is 3.21. The van der Waals surface area contributed by atoms with Crippen molar-refractivity contribution in [2.24, 2.45) is 0 Å². The van der Waals surface area contributed by atoms with E-state index in [9.17, 15) is 4.79 Å². The number of aromatic nitrogens is 3. The summed E-state index contributed by atoms with van der Waals surface area (Å²) in [7, 11) is 0. The zero-order valence-electron chi connectivity index (χ0n) is 11.5. The van der Waals surface area contributed by atoms with Gasteiger partial charge in [-0.15, -0.1) is 11.3 Å². The summed E-state index contributed by atoms with van der Waals surface area (Å²) in [6.45, 7) is 1.25. The molecule has 1 N–H and O–H groups in total. The van der Waals surface area contributed by atoms with Gasteiger partial charge in [-0.2, -0.15) is 0 Å². The fourth-order valence-corrected chi connectivity index (χ4v) is 2.95. The van der Waals surface area contributed by atoms with Crippen molar-refractivity contribution in [3.05, 3.63) is 29.5 Å². The van der Waals surface area contributed by atoms with Crippen molar-refractivity contribution in [1.29, 1.82) is 0 Å². The summed E-state index contributed by atoms with van der Waals surface area (Å²) in [5.74, 6) is 0.617. The van der Waals surface area contributed by atoms with Gasteiger partial charge in [0.2, 0.25) is 5.91 Å². The second-order valence-electron chi connectivity index (χ2n) is 4.76. The predicted octanol–water partition coefficient (Wildman–Crippen LogP) is 1.44. The minimum atomic E-state index is -0.270. The first-order valence-corrected chi connectivity index (χ1v) is 7.82. The van der Waals surface area contributed by atoms with Crippen LogP contribution in [0.5, 0.6) is 0 Å². The summed E-state index contributed by atoms with van der Waals surface area (Å²) < 4.78 is 5.34. The number of rotatable bonds is 5. The minimum Gasteiger partial charge on any atom is -0.368 e. The summed E-state index contributed by atoms with van der Waals surface area (Å²) in [4.78, 5) is 24.6. The number of ether oxygens (including phenoxy) is 1. The Balaban J connectivity index is 1.50. The Morgan fingerprint density at radius 2 is 2.29 bits per heavy atom. The summed E-state index contributed by atoms with van der Waals surface area (Å²) in [6.07, 6.45) is 5.61. The highest BCUT2D eigenvalue weighted by molar-refractivity contribution is 7.13. The molecule has 1 fully saturated rings. The maximum Gasteiger partial charge on any atom is 0.249 e. The monoisotopic (exact) mass is 304 g/mol. The van der Waals surface area contributed by atoms with E-state index in [2.05, 4.69) is 20.3 Å². The third kappa shape index (κ3) is 3.62. The largest absolute Gasteiger partial charge is 0.368 e. The Kier molecular flexibility index (Phi) is 4.52. The van der Waals surface area contributed by atoms with Gasteiger partial charge in [0.1, 0.15) is 6.10 Å². The fraction of sp³-hybridized carbons (Fsp3) is 0.429. The van der Waals surface area contributed by atoms with Crippen molar-refractivity contribution in [1.82, 2.24) is 20.3 Å². The fourth-order valence-electron chi connectivity index (χ4n) is 2.15. The average Bonchev–Trinajstić information content (AvgIpc) is 3.20. The molecule has 0 bridgehead atoms. The van der Waals surface area contributed by atoms with Crippen molar-refractivity contribution in [3.63, 3.8) is 0 Å². The topological polar surface area (TPSA) is 77.0 Å². The standard InChI is InChI=1S/C14H16N4O2S/c19-13(11-3-1-8-20-11)17-7-4-10-9-21-14(18-10)12-15-5-2-6-16-12/h2,5-6,9,11H,1,3-4,7-8H2,(H,17,19). The third-order valence-corrected chi connectivity index (χ3v) is 4.10. The predicted molar refractivity (Wildman–Crippen MR) is 78.8 cm³/mol. The molecule has 2 aromatic heterocycles. The second-order valence-corrected chi connectivity index (χ2v) is 5.62. The lowest BCUT2D eigenvalue weighted by Gasteiger charge is -2.09. The first-order valence-electron chi connectivity index (χ1n) is 6.94. The molecule has 1 unspecified atom stereocenters. The number of nitrogens with one attached hydrogen (secondary N) is 1. The van der Waals surface area contributed by atoms with Crippen LogP contribution in [-0.4, -0.2) is 40.1 Å². The minimum absolute atomic E-state index is 0.0191. The number of carbonyl (C=O) groups is 1. The van der Waals surface area contributed by atoms with E-state index in [1.165, 1.54) is 11.3 Å². The molecule has 0 radical (unpaired) electrons. The van der Waals surface area contributed by atoms with E-state index in [4.69, 9.17) is 4.74 Å². The number of nitrogens with zero attached hydrogens (tertiary/aromatic N) is 3. The molecule has 1 saturated heterocycles. The lowest BCUT2D eigenvalue weighted by Crippen LogP contribution is -2.35. The number of hydrogen-bond donors (Lipinski definition) is 1. The second kappa shape index (κ2) is 6.73. The van der Waals surface area contributed by atoms with Gasteiger partial charge < -0.3 is 10.1 Å². The van der Waals surface area contributed by atoms with Crippen LogP contribution in [0.3, 0.4) is 0 Å². The smallest absolute Gasteiger partial charge is 0.249 e. The molecule has 1 aliphatic rings. The van der Waals surface area contributed by atoms with E-state index in [1.807, 2.05) is 5.38 Å². The summed E-state index contributed by atoms with van der Waals surface area (Å²) in [5.41, 5.74) is 0.940. The van der Waals surface area contributed by atoms with Crippen molar-refractivity contribution in [3.8, 4) is 10.8 Å². The molecule has 1 amide bonds. The molecule has 110 valence electrons. The molecular formula is C14H16N4O2S. The van der Waals surface area contributed by atoms with Gasteiger partial charge in [-0.3, -0.25) is 4.79 Å². The summed E-state index contributed by atoms with van der Waals surface area (Å²) in [5, 5.41) is 5.67. The Bertz CT molecular complexity index is 596. The number of carbonyl (C=O) groups excluding carboxylic acids is 1. The van der Waals surface area contributed by atoms with Crippen LogP contribution in [-0.2, 0) is 16.0 Å². The van der Waals surface area contributed by atoms with E-state index >= 15 is 0 Å². The highest BCUT2D eigenvalue weighted by Gasteiger charge is 2.22. The zero-order valence-corrected chi connectivity index (χ0v) is 12.3. The zero-order chi connectivity index (χ0) is 14.5. The molecule has 6 nitrogen and oxygen atoms in total. The van der Waals surface area contributed by atoms with Gasteiger partial charge in [-0.05, 0) is 18.9 Å². The molecular weight excluding hydrogens is 288 g/mol. The Labute approximate surface area is 126 Å². The molecule has 2 aromatic rings. The van der Waals surface area contributed by atoms with Crippen molar-refractivity contribution in [2.75, 3.05) is 13.2 Å². The molecule has 7 heteroatoms. The first kappa shape index (κ1) is 14.1. The highest BCUT2D eigenvalue weighted by atomic mass is 32.1. The van der Waals surface area contributed by atoms with Crippen LogP contribution in [0.1, 0.15) is 18.5 Å². The first-order chi connectivity index (χ1) is 10.3. The van der Waals surface area contributed by atoms with Crippen molar-refractivity contribution >= 4 is 17.2 Å². The molecule has 0 spiro atoms. The van der Waals surface area contributed by atoms with Crippen molar-refractivity contribution in [2.45, 2.75) is 25.4 Å². The van der Waals surface area contributed by atoms with Crippen LogP contribution in [0, 0.1) is 0 Å². The molecule has 1 atom stereocenters. The van der Waals surface area contributed by atoms with Gasteiger partial charge in [-0.1, -0.05) is 0 Å². The van der Waals surface area contributed by atoms with Gasteiger partial charge in [0.15, 0.2) is 10.8 Å². The Hall–Kier alpha value is -1.86. The lowest BCUT2D eigenvalue weighted by molar-refractivity contribution is -0.129. The molecule has 0 aromatic carbocycles. The highest BCUT2D eigenvalue weighted by Crippen LogP contribution is 2.19. The van der Waals surface area contributed by atoms with Gasteiger partial charge in [0, 0.05) is 37.3 Å². The van der Waals surface area contributed by atoms with E-state index < -0.39 is 0 Å². The van der Waals surface area contributed by atoms with Gasteiger partial charge in [-0.25, -0.2) is 15.0 Å². The van der Waals surface area contributed by atoms with Crippen LogP contribution in [0.15, 0.2) is 23.8 Å². The normalized spacial score (nSPS) is 17.8. The Morgan fingerprint density at radius 1 is 1.43 bits per heavy atom. The van der Waals surface area contributed by atoms with Gasteiger partial charge in [0.05, 0.1) is 5.69 Å². The molecule has 0 saturated carbocycles. The van der Waals surface area contributed by atoms with Crippen LogP contribution in [0.2, 0.25) is 0 Å². The van der Waals surface area contributed by atoms with Crippen LogP contribution < -0.4 is 5.32 Å². The quantitative estimate of drug-likeness (QED) is 0.904. The van der Waals surface area contributed by atoms with E-state index in [0.717, 1.165) is 23.5 Å². The molecule has 3 rings (SSSR count). The average molecular weight is 304 g/mol. The molecule has 3 heterocycles. The maximum absolute atomic E-state index is 11.8. The van der Waals surface area contributed by atoms with Crippen LogP contribution in [0.25, 0.3) is 10.8 Å². The Morgan fingerprint density at radius 3 is 3.05 bits per heavy atom. The van der Waals surface area contributed by atoms with Crippen LogP contribution >= 0.6 is 11.3 Å². The SMILES string of the molecule is O=C(NCCc1csc(-c2ncccn2)n1)C1CCCO1. The van der Waals surface area contributed by atoms with Gasteiger partial charge in [0.25, 0.3) is 0 Å². The molecule has 0 aliphatic carbocycles. The number of hydrogen-bond acceptors (Lipinski definition) is 6. The van der Waals surface area contributed by atoms with Gasteiger partial charge >= 0.3 is 0 Å². The van der Waals surface area contributed by atoms with Crippen LogP contribution in [0.4, 0.5) is 0 Å².